The second kappa shape index (κ2) is 10.9. The third-order valence-corrected chi connectivity index (χ3v) is 5.08. The van der Waals surface area contributed by atoms with Crippen LogP contribution >= 0.6 is 0 Å². The van der Waals surface area contributed by atoms with Crippen molar-refractivity contribution < 1.29 is 19.1 Å². The summed E-state index contributed by atoms with van der Waals surface area (Å²) in [7, 11) is 0. The van der Waals surface area contributed by atoms with Crippen molar-refractivity contribution in [2.45, 2.75) is 6.92 Å². The topological polar surface area (TPSA) is 102 Å². The summed E-state index contributed by atoms with van der Waals surface area (Å²) in [6, 6.07) is 27.7. The molecule has 0 unspecified atom stereocenters. The number of nitrogens with zero attached hydrogens (tertiary/aromatic N) is 2. The molecule has 0 saturated heterocycles. The van der Waals surface area contributed by atoms with Gasteiger partial charge in [0.25, 0.3) is 11.8 Å². The van der Waals surface area contributed by atoms with Crippen molar-refractivity contribution in [2.24, 2.45) is 0 Å². The lowest BCUT2D eigenvalue weighted by atomic mass is 10.1. The van der Waals surface area contributed by atoms with Gasteiger partial charge in [0.2, 0.25) is 0 Å². The standard InChI is InChI=1S/C27H24N4O4/c1-19-9-8-12-21(15-19)27(34)28-17-26(33)35-18-25(32)29-24-16-23(20-10-4-2-5-11-20)30-31(24)22-13-6-3-7-14-22/h2-16H,17-18H2,1H3,(H,28,34)(H,29,32). The zero-order chi connectivity index (χ0) is 24.6. The van der Waals surface area contributed by atoms with Crippen LogP contribution in [-0.2, 0) is 14.3 Å². The van der Waals surface area contributed by atoms with E-state index in [0.717, 1.165) is 16.8 Å². The Morgan fingerprint density at radius 3 is 2.31 bits per heavy atom. The van der Waals surface area contributed by atoms with E-state index in [2.05, 4.69) is 15.7 Å². The van der Waals surface area contributed by atoms with Crippen LogP contribution in [0.1, 0.15) is 15.9 Å². The zero-order valence-corrected chi connectivity index (χ0v) is 19.1. The number of amides is 2. The highest BCUT2D eigenvalue weighted by Crippen LogP contribution is 2.24. The Labute approximate surface area is 202 Å². The van der Waals surface area contributed by atoms with Crippen LogP contribution in [0, 0.1) is 6.92 Å². The van der Waals surface area contributed by atoms with Gasteiger partial charge in [0.05, 0.1) is 11.4 Å². The van der Waals surface area contributed by atoms with Crippen LogP contribution in [0.15, 0.2) is 91.0 Å². The number of hydrogen-bond donors (Lipinski definition) is 2. The molecule has 1 aromatic heterocycles. The van der Waals surface area contributed by atoms with E-state index in [4.69, 9.17) is 4.74 Å². The van der Waals surface area contributed by atoms with E-state index in [1.54, 1.807) is 28.9 Å². The smallest absolute Gasteiger partial charge is 0.325 e. The van der Waals surface area contributed by atoms with Crippen LogP contribution in [-0.4, -0.2) is 40.7 Å². The van der Waals surface area contributed by atoms with Gasteiger partial charge in [-0.3, -0.25) is 14.4 Å². The monoisotopic (exact) mass is 468 g/mol. The molecule has 0 saturated carbocycles. The van der Waals surface area contributed by atoms with E-state index in [0.29, 0.717) is 17.1 Å². The van der Waals surface area contributed by atoms with Crippen molar-refractivity contribution in [3.63, 3.8) is 0 Å². The summed E-state index contributed by atoms with van der Waals surface area (Å²) < 4.78 is 6.64. The molecule has 4 rings (SSSR count). The number of rotatable bonds is 8. The van der Waals surface area contributed by atoms with E-state index in [1.165, 1.54) is 0 Å². The first-order valence-electron chi connectivity index (χ1n) is 11.0. The van der Waals surface area contributed by atoms with E-state index in [9.17, 15) is 14.4 Å². The summed E-state index contributed by atoms with van der Waals surface area (Å²) >= 11 is 0. The molecule has 1 heterocycles. The summed E-state index contributed by atoms with van der Waals surface area (Å²) in [5, 5.41) is 9.87. The van der Waals surface area contributed by atoms with Crippen molar-refractivity contribution in [1.29, 1.82) is 0 Å². The predicted octanol–water partition coefficient (Wildman–Crippen LogP) is 3.76. The molecule has 3 aromatic carbocycles. The minimum Gasteiger partial charge on any atom is -0.454 e. The molecule has 0 bridgehead atoms. The van der Waals surface area contributed by atoms with E-state index in [1.807, 2.05) is 73.7 Å². The molecule has 2 N–H and O–H groups in total. The highest BCUT2D eigenvalue weighted by Gasteiger charge is 2.15. The van der Waals surface area contributed by atoms with Gasteiger partial charge in [-0.05, 0) is 31.2 Å². The SMILES string of the molecule is Cc1cccc(C(=O)NCC(=O)OCC(=O)Nc2cc(-c3ccccc3)nn2-c2ccccc2)c1. The van der Waals surface area contributed by atoms with Crippen molar-refractivity contribution in [1.82, 2.24) is 15.1 Å². The van der Waals surface area contributed by atoms with Gasteiger partial charge in [-0.1, -0.05) is 66.2 Å². The van der Waals surface area contributed by atoms with Gasteiger partial charge in [-0.2, -0.15) is 5.10 Å². The molecule has 0 aliphatic heterocycles. The molecule has 8 heteroatoms. The molecular formula is C27H24N4O4. The quantitative estimate of drug-likeness (QED) is 0.384. The van der Waals surface area contributed by atoms with Crippen LogP contribution < -0.4 is 10.6 Å². The average molecular weight is 469 g/mol. The Hall–Kier alpha value is -4.72. The highest BCUT2D eigenvalue weighted by atomic mass is 16.5. The zero-order valence-electron chi connectivity index (χ0n) is 19.1. The van der Waals surface area contributed by atoms with Gasteiger partial charge in [0.1, 0.15) is 12.4 Å². The molecule has 0 spiro atoms. The molecule has 0 fully saturated rings. The average Bonchev–Trinajstić information content (AvgIpc) is 3.30. The number of anilines is 1. The number of aromatic nitrogens is 2. The molecule has 0 aliphatic carbocycles. The Morgan fingerprint density at radius 1 is 0.886 bits per heavy atom. The first-order chi connectivity index (χ1) is 17.0. The normalized spacial score (nSPS) is 10.4. The Balaban J connectivity index is 1.37. The molecule has 4 aromatic rings. The number of ether oxygens (including phenoxy) is 1. The molecule has 0 radical (unpaired) electrons. The van der Waals surface area contributed by atoms with Crippen LogP contribution in [0.25, 0.3) is 16.9 Å². The van der Waals surface area contributed by atoms with Gasteiger partial charge in [0, 0.05) is 17.2 Å². The number of nitrogens with one attached hydrogen (secondary N) is 2. The van der Waals surface area contributed by atoms with E-state index in [-0.39, 0.29) is 6.54 Å². The summed E-state index contributed by atoms with van der Waals surface area (Å²) in [5.41, 5.74) is 3.72. The fourth-order valence-corrected chi connectivity index (χ4v) is 3.40. The number of aryl methyl sites for hydroxylation is 1. The largest absolute Gasteiger partial charge is 0.454 e. The Bertz CT molecular complexity index is 1330. The van der Waals surface area contributed by atoms with Crippen LogP contribution in [0.3, 0.4) is 0 Å². The van der Waals surface area contributed by atoms with Gasteiger partial charge < -0.3 is 15.4 Å². The van der Waals surface area contributed by atoms with Crippen molar-refractivity contribution >= 4 is 23.6 Å². The third-order valence-electron chi connectivity index (χ3n) is 5.08. The van der Waals surface area contributed by atoms with Gasteiger partial charge in [0.15, 0.2) is 6.61 Å². The first kappa shape index (κ1) is 23.4. The lowest BCUT2D eigenvalue weighted by Crippen LogP contribution is -2.32. The maximum atomic E-state index is 12.5. The second-order valence-electron chi connectivity index (χ2n) is 7.79. The minimum atomic E-state index is -0.720. The molecule has 176 valence electrons. The highest BCUT2D eigenvalue weighted by molar-refractivity contribution is 5.96. The van der Waals surface area contributed by atoms with Crippen molar-refractivity contribution in [3.05, 3.63) is 102 Å². The predicted molar refractivity (Wildman–Crippen MR) is 132 cm³/mol. The Morgan fingerprint density at radius 2 is 1.60 bits per heavy atom. The number of hydrogen-bond acceptors (Lipinski definition) is 5. The maximum absolute atomic E-state index is 12.5. The summed E-state index contributed by atoms with van der Waals surface area (Å²) in [6.07, 6.45) is 0. The minimum absolute atomic E-state index is 0.347. The fourth-order valence-electron chi connectivity index (χ4n) is 3.40. The number of para-hydroxylation sites is 1. The number of carbonyl (C=O) groups is 3. The van der Waals surface area contributed by atoms with E-state index >= 15 is 0 Å². The van der Waals surface area contributed by atoms with Crippen LogP contribution in [0.4, 0.5) is 5.82 Å². The first-order valence-corrected chi connectivity index (χ1v) is 11.0. The molecule has 8 nitrogen and oxygen atoms in total. The second-order valence-corrected chi connectivity index (χ2v) is 7.79. The molecule has 35 heavy (non-hydrogen) atoms. The third kappa shape index (κ3) is 6.20. The lowest BCUT2D eigenvalue weighted by molar-refractivity contribution is -0.146. The van der Waals surface area contributed by atoms with Gasteiger partial charge in [-0.15, -0.1) is 0 Å². The summed E-state index contributed by atoms with van der Waals surface area (Å²) in [4.78, 5) is 36.7. The van der Waals surface area contributed by atoms with E-state index < -0.39 is 24.4 Å². The molecule has 0 aliphatic rings. The van der Waals surface area contributed by atoms with Gasteiger partial charge >= 0.3 is 5.97 Å². The molecule has 2 amide bonds. The molecular weight excluding hydrogens is 444 g/mol. The number of benzene rings is 3. The fraction of sp³-hybridized carbons (Fsp3) is 0.111. The number of carbonyl (C=O) groups excluding carboxylic acids is 3. The van der Waals surface area contributed by atoms with Crippen LogP contribution in [0.5, 0.6) is 0 Å². The maximum Gasteiger partial charge on any atom is 0.325 e. The van der Waals surface area contributed by atoms with Crippen LogP contribution in [0.2, 0.25) is 0 Å². The lowest BCUT2D eigenvalue weighted by Gasteiger charge is -2.10. The Kier molecular flexibility index (Phi) is 7.32. The number of esters is 1. The summed E-state index contributed by atoms with van der Waals surface area (Å²) in [5.74, 6) is -1.21. The van der Waals surface area contributed by atoms with Crippen molar-refractivity contribution in [3.8, 4) is 16.9 Å². The van der Waals surface area contributed by atoms with Gasteiger partial charge in [-0.25, -0.2) is 4.68 Å². The summed E-state index contributed by atoms with van der Waals surface area (Å²) in [6.45, 7) is 1.02. The van der Waals surface area contributed by atoms with Crippen molar-refractivity contribution in [2.75, 3.05) is 18.5 Å². The molecule has 0 atom stereocenters.